The molecule has 2 heteroatoms. The molecule has 96 valence electrons. The predicted octanol–water partition coefficient (Wildman–Crippen LogP) is 3.40. The highest BCUT2D eigenvalue weighted by atomic mass is 16.5. The Bertz CT molecular complexity index is 312. The average molecular weight is 236 g/mol. The van der Waals surface area contributed by atoms with E-state index in [1.165, 1.54) is 25.7 Å². The Labute approximate surface area is 104 Å². The maximum Gasteiger partial charge on any atom is 0.309 e. The number of cyclic esters (lactones) is 1. The highest BCUT2D eigenvalue weighted by Gasteiger charge is 2.46. The molecule has 2 saturated carbocycles. The lowest BCUT2D eigenvalue weighted by atomic mass is 9.69. The fourth-order valence-corrected chi connectivity index (χ4v) is 4.72. The second kappa shape index (κ2) is 4.29. The Morgan fingerprint density at radius 3 is 2.65 bits per heavy atom. The smallest absolute Gasteiger partial charge is 0.309 e. The molecule has 3 rings (SSSR count). The Kier molecular flexibility index (Phi) is 2.92. The van der Waals surface area contributed by atoms with Crippen molar-refractivity contribution >= 4 is 5.97 Å². The summed E-state index contributed by atoms with van der Waals surface area (Å²) in [6, 6.07) is 0. The first-order valence-corrected chi connectivity index (χ1v) is 7.37. The normalized spacial score (nSPS) is 50.1. The lowest BCUT2D eigenvalue weighted by Crippen LogP contribution is -2.39. The topological polar surface area (TPSA) is 26.3 Å². The van der Waals surface area contributed by atoms with Crippen molar-refractivity contribution in [2.45, 2.75) is 58.5 Å². The summed E-state index contributed by atoms with van der Waals surface area (Å²) in [6.07, 6.45) is 7.85. The molecule has 0 aromatic rings. The summed E-state index contributed by atoms with van der Waals surface area (Å²) in [5.74, 6) is 3.32. The maximum atomic E-state index is 11.9. The van der Waals surface area contributed by atoms with Crippen LogP contribution in [0.1, 0.15) is 52.4 Å². The highest BCUT2D eigenvalue weighted by molar-refractivity contribution is 5.73. The summed E-state index contributed by atoms with van der Waals surface area (Å²) in [5.41, 5.74) is 0. The van der Waals surface area contributed by atoms with Crippen molar-refractivity contribution in [1.82, 2.24) is 0 Å². The zero-order valence-electron chi connectivity index (χ0n) is 11.0. The van der Waals surface area contributed by atoms with Crippen molar-refractivity contribution < 1.29 is 9.53 Å². The van der Waals surface area contributed by atoms with E-state index in [1.807, 2.05) is 0 Å². The van der Waals surface area contributed by atoms with Gasteiger partial charge in [-0.3, -0.25) is 4.79 Å². The molecule has 1 unspecified atom stereocenters. The lowest BCUT2D eigenvalue weighted by molar-refractivity contribution is -0.165. The Balaban J connectivity index is 1.88. The van der Waals surface area contributed by atoms with Crippen molar-refractivity contribution in [3.05, 3.63) is 0 Å². The van der Waals surface area contributed by atoms with Gasteiger partial charge in [-0.25, -0.2) is 0 Å². The molecule has 17 heavy (non-hydrogen) atoms. The molecule has 3 fully saturated rings. The van der Waals surface area contributed by atoms with Crippen LogP contribution in [0.3, 0.4) is 0 Å². The largest absolute Gasteiger partial charge is 0.462 e. The average Bonchev–Trinajstić information content (AvgIpc) is 2.44. The third-order valence-corrected chi connectivity index (χ3v) is 5.70. The van der Waals surface area contributed by atoms with Gasteiger partial charge in [0.05, 0.1) is 5.92 Å². The number of ether oxygens (including phenoxy) is 1. The van der Waals surface area contributed by atoms with E-state index in [0.717, 1.165) is 30.6 Å². The Morgan fingerprint density at radius 1 is 1.06 bits per heavy atom. The van der Waals surface area contributed by atoms with Crippen molar-refractivity contribution in [1.29, 1.82) is 0 Å². The minimum atomic E-state index is 0.0900. The van der Waals surface area contributed by atoms with E-state index >= 15 is 0 Å². The summed E-state index contributed by atoms with van der Waals surface area (Å²) < 4.78 is 5.57. The van der Waals surface area contributed by atoms with Gasteiger partial charge in [-0.05, 0) is 49.9 Å². The summed E-state index contributed by atoms with van der Waals surface area (Å²) in [6.45, 7) is 4.50. The maximum absolute atomic E-state index is 11.9. The number of esters is 1. The molecule has 2 bridgehead atoms. The summed E-state index contributed by atoms with van der Waals surface area (Å²) in [5, 5.41) is 0. The fourth-order valence-electron chi connectivity index (χ4n) is 4.72. The van der Waals surface area contributed by atoms with Crippen LogP contribution >= 0.6 is 0 Å². The van der Waals surface area contributed by atoms with Gasteiger partial charge in [-0.2, -0.15) is 0 Å². The van der Waals surface area contributed by atoms with E-state index in [9.17, 15) is 4.79 Å². The molecular weight excluding hydrogens is 212 g/mol. The minimum Gasteiger partial charge on any atom is -0.462 e. The number of hydrogen-bond donors (Lipinski definition) is 0. The first-order chi connectivity index (χ1) is 8.16. The van der Waals surface area contributed by atoms with Gasteiger partial charge in [0.25, 0.3) is 0 Å². The SMILES string of the molecule is C[C@H]1OC(=O)[C@@H]2C[C@@H]3CCCCC3[C@H](C)[C@@H]1C2. The van der Waals surface area contributed by atoms with E-state index < -0.39 is 0 Å². The van der Waals surface area contributed by atoms with Crippen LogP contribution in [-0.2, 0) is 9.53 Å². The van der Waals surface area contributed by atoms with Gasteiger partial charge in [0.2, 0.25) is 0 Å². The zero-order valence-corrected chi connectivity index (χ0v) is 11.0. The van der Waals surface area contributed by atoms with E-state index in [0.29, 0.717) is 5.92 Å². The van der Waals surface area contributed by atoms with E-state index in [4.69, 9.17) is 4.74 Å². The van der Waals surface area contributed by atoms with Gasteiger partial charge >= 0.3 is 5.97 Å². The molecule has 1 saturated heterocycles. The van der Waals surface area contributed by atoms with Crippen molar-refractivity contribution in [3.63, 3.8) is 0 Å². The molecule has 0 aromatic heterocycles. The molecule has 0 amide bonds. The first kappa shape index (κ1) is 11.6. The van der Waals surface area contributed by atoms with Crippen LogP contribution in [0.2, 0.25) is 0 Å². The number of carbonyl (C=O) groups excluding carboxylic acids is 1. The first-order valence-electron chi connectivity index (χ1n) is 7.37. The molecule has 2 aliphatic carbocycles. The van der Waals surface area contributed by atoms with Crippen LogP contribution in [0, 0.1) is 29.6 Å². The molecule has 0 N–H and O–H groups in total. The lowest BCUT2D eigenvalue weighted by Gasteiger charge is -2.38. The van der Waals surface area contributed by atoms with E-state index in [-0.39, 0.29) is 18.0 Å². The van der Waals surface area contributed by atoms with Crippen LogP contribution in [0.5, 0.6) is 0 Å². The van der Waals surface area contributed by atoms with Crippen molar-refractivity contribution in [2.75, 3.05) is 0 Å². The third-order valence-electron chi connectivity index (χ3n) is 5.70. The van der Waals surface area contributed by atoms with Crippen LogP contribution in [0.4, 0.5) is 0 Å². The molecule has 2 nitrogen and oxygen atoms in total. The fraction of sp³-hybridized carbons (Fsp3) is 0.933. The Morgan fingerprint density at radius 2 is 1.82 bits per heavy atom. The minimum absolute atomic E-state index is 0.0900. The predicted molar refractivity (Wildman–Crippen MR) is 66.4 cm³/mol. The van der Waals surface area contributed by atoms with Gasteiger partial charge in [0.1, 0.15) is 6.10 Å². The molecule has 0 spiro atoms. The molecule has 6 atom stereocenters. The number of rotatable bonds is 0. The number of fused-ring (bicyclic) bond motifs is 3. The van der Waals surface area contributed by atoms with Gasteiger partial charge in [-0.1, -0.05) is 26.2 Å². The molecule has 0 radical (unpaired) electrons. The summed E-state index contributed by atoms with van der Waals surface area (Å²) >= 11 is 0. The van der Waals surface area contributed by atoms with Gasteiger partial charge in [0, 0.05) is 0 Å². The van der Waals surface area contributed by atoms with Crippen LogP contribution in [0.25, 0.3) is 0 Å². The van der Waals surface area contributed by atoms with Gasteiger partial charge in [0.15, 0.2) is 0 Å². The standard InChI is InChI=1S/C15H24O2/c1-9-13-6-4-3-5-11(13)7-12-8-14(9)10(2)17-15(12)16/h9-14H,3-8H2,1-2H3/t9-,10+,11-,12+,13?,14-/m0/s1. The molecule has 1 aliphatic heterocycles. The number of carbonyl (C=O) groups is 1. The number of hydrogen-bond acceptors (Lipinski definition) is 2. The monoisotopic (exact) mass is 236 g/mol. The molecule has 3 aliphatic rings. The van der Waals surface area contributed by atoms with Crippen LogP contribution < -0.4 is 0 Å². The second-order valence-electron chi connectivity index (χ2n) is 6.54. The van der Waals surface area contributed by atoms with Crippen LogP contribution in [0.15, 0.2) is 0 Å². The van der Waals surface area contributed by atoms with Gasteiger partial charge < -0.3 is 4.74 Å². The highest BCUT2D eigenvalue weighted by Crippen LogP contribution is 2.49. The van der Waals surface area contributed by atoms with Crippen molar-refractivity contribution in [2.24, 2.45) is 29.6 Å². The van der Waals surface area contributed by atoms with E-state index in [1.54, 1.807) is 0 Å². The summed E-state index contributed by atoms with van der Waals surface area (Å²) in [7, 11) is 0. The van der Waals surface area contributed by atoms with Gasteiger partial charge in [-0.15, -0.1) is 0 Å². The van der Waals surface area contributed by atoms with Crippen LogP contribution in [-0.4, -0.2) is 12.1 Å². The van der Waals surface area contributed by atoms with Crippen molar-refractivity contribution in [3.8, 4) is 0 Å². The molecular formula is C15H24O2. The third kappa shape index (κ3) is 1.90. The van der Waals surface area contributed by atoms with E-state index in [2.05, 4.69) is 13.8 Å². The zero-order chi connectivity index (χ0) is 12.0. The molecule has 0 aromatic carbocycles. The quantitative estimate of drug-likeness (QED) is 0.603. The Hall–Kier alpha value is -0.530. The summed E-state index contributed by atoms with van der Waals surface area (Å²) in [4.78, 5) is 11.9. The second-order valence-corrected chi connectivity index (χ2v) is 6.54. The molecule has 1 heterocycles.